The van der Waals surface area contributed by atoms with Gasteiger partial charge in [0, 0.05) is 18.1 Å². The van der Waals surface area contributed by atoms with E-state index in [0.717, 1.165) is 29.7 Å². The second-order valence-electron chi connectivity index (χ2n) is 7.38. The summed E-state index contributed by atoms with van der Waals surface area (Å²) in [6, 6.07) is 16.6. The van der Waals surface area contributed by atoms with Crippen LogP contribution in [0.5, 0.6) is 11.5 Å². The van der Waals surface area contributed by atoms with Crippen molar-refractivity contribution >= 4 is 17.7 Å². The lowest BCUT2D eigenvalue weighted by molar-refractivity contribution is -0.119. The number of thioether (sulfide) groups is 1. The number of nitrogens with one attached hydrogen (secondary N) is 2. The number of benzene rings is 2. The minimum atomic E-state index is -0.250. The molecule has 2 aromatic carbocycles. The number of H-pyrrole nitrogens is 1. The fourth-order valence-corrected chi connectivity index (χ4v) is 4.13. The van der Waals surface area contributed by atoms with E-state index in [9.17, 15) is 9.59 Å². The summed E-state index contributed by atoms with van der Waals surface area (Å²) in [6.45, 7) is 3.27. The summed E-state index contributed by atoms with van der Waals surface area (Å²) >= 11 is 1.20. The second-order valence-corrected chi connectivity index (χ2v) is 8.34. The Labute approximate surface area is 190 Å². The first-order valence-corrected chi connectivity index (χ1v) is 11.6. The predicted molar refractivity (Wildman–Crippen MR) is 124 cm³/mol. The van der Waals surface area contributed by atoms with E-state index in [4.69, 9.17) is 9.47 Å². The number of amides is 1. The van der Waals surface area contributed by atoms with Crippen LogP contribution in [0, 0.1) is 0 Å². The number of carbonyl (C=O) groups is 1. The van der Waals surface area contributed by atoms with Crippen LogP contribution in [0.2, 0.25) is 0 Å². The predicted octanol–water partition coefficient (Wildman–Crippen LogP) is 3.96. The first kappa shape index (κ1) is 22.0. The molecule has 7 nitrogen and oxygen atoms in total. The molecule has 0 saturated carbocycles. The van der Waals surface area contributed by atoms with E-state index < -0.39 is 0 Å². The summed E-state index contributed by atoms with van der Waals surface area (Å²) in [5.74, 6) is 1.45. The highest BCUT2D eigenvalue weighted by molar-refractivity contribution is 7.99. The van der Waals surface area contributed by atoms with Gasteiger partial charge >= 0.3 is 0 Å². The van der Waals surface area contributed by atoms with Gasteiger partial charge in [0.05, 0.1) is 30.7 Å². The molecule has 0 spiro atoms. The molecule has 0 fully saturated rings. The molecule has 0 saturated heterocycles. The Kier molecular flexibility index (Phi) is 7.11. The Hall–Kier alpha value is -3.26. The highest BCUT2D eigenvalue weighted by Gasteiger charge is 2.17. The molecule has 1 aliphatic rings. The van der Waals surface area contributed by atoms with Gasteiger partial charge in [0.15, 0.2) is 16.7 Å². The van der Waals surface area contributed by atoms with Crippen molar-refractivity contribution < 1.29 is 14.3 Å². The largest absolute Gasteiger partial charge is 0.490 e. The number of fused-ring (bicyclic) bond motifs is 1. The monoisotopic (exact) mass is 451 g/mol. The molecule has 0 radical (unpaired) electrons. The number of hydrogen-bond acceptors (Lipinski definition) is 6. The Balaban J connectivity index is 1.41. The average molecular weight is 452 g/mol. The molecule has 32 heavy (non-hydrogen) atoms. The molecule has 166 valence electrons. The van der Waals surface area contributed by atoms with Crippen LogP contribution < -0.4 is 20.3 Å². The second kappa shape index (κ2) is 10.4. The van der Waals surface area contributed by atoms with Crippen molar-refractivity contribution in [1.82, 2.24) is 15.3 Å². The summed E-state index contributed by atoms with van der Waals surface area (Å²) in [5, 5.41) is 3.47. The third-order valence-corrected chi connectivity index (χ3v) is 5.92. The summed E-state index contributed by atoms with van der Waals surface area (Å²) in [6.07, 6.45) is 1.57. The zero-order valence-corrected chi connectivity index (χ0v) is 18.6. The first-order valence-electron chi connectivity index (χ1n) is 10.6. The number of rotatable bonds is 7. The van der Waals surface area contributed by atoms with E-state index in [1.54, 1.807) is 0 Å². The zero-order chi connectivity index (χ0) is 22.3. The molecule has 1 atom stereocenters. The van der Waals surface area contributed by atoms with Crippen LogP contribution in [0.1, 0.15) is 31.4 Å². The molecule has 0 unspecified atom stereocenters. The van der Waals surface area contributed by atoms with Gasteiger partial charge in [-0.3, -0.25) is 9.59 Å². The number of aromatic nitrogens is 2. The van der Waals surface area contributed by atoms with Gasteiger partial charge < -0.3 is 19.8 Å². The number of carbonyl (C=O) groups excluding carboxylic acids is 1. The quantitative estimate of drug-likeness (QED) is 0.417. The molecule has 3 aromatic rings. The van der Waals surface area contributed by atoms with Crippen LogP contribution in [0.15, 0.2) is 64.5 Å². The average Bonchev–Trinajstić information content (AvgIpc) is 3.06. The highest BCUT2D eigenvalue weighted by atomic mass is 32.2. The highest BCUT2D eigenvalue weighted by Crippen LogP contribution is 2.33. The molecule has 8 heteroatoms. The maximum Gasteiger partial charge on any atom is 0.252 e. The van der Waals surface area contributed by atoms with Gasteiger partial charge in [-0.15, -0.1) is 0 Å². The molecule has 1 amide bonds. The molecule has 0 aliphatic carbocycles. The summed E-state index contributed by atoms with van der Waals surface area (Å²) in [4.78, 5) is 31.9. The Morgan fingerprint density at radius 1 is 1.12 bits per heavy atom. The molecular weight excluding hydrogens is 426 g/mol. The van der Waals surface area contributed by atoms with Crippen molar-refractivity contribution in [2.45, 2.75) is 31.0 Å². The lowest BCUT2D eigenvalue weighted by atomic mass is 10.0. The van der Waals surface area contributed by atoms with Crippen LogP contribution >= 0.6 is 11.8 Å². The number of aromatic amines is 1. The smallest absolute Gasteiger partial charge is 0.252 e. The summed E-state index contributed by atoms with van der Waals surface area (Å²) in [5.41, 5.74) is 2.15. The van der Waals surface area contributed by atoms with Crippen molar-refractivity contribution in [3.8, 4) is 22.8 Å². The van der Waals surface area contributed by atoms with Crippen LogP contribution in [-0.4, -0.2) is 34.8 Å². The van der Waals surface area contributed by atoms with E-state index in [1.807, 2.05) is 55.5 Å². The standard InChI is InChI=1S/C24H25N3O4S/c1-2-18(17-9-10-20-21(13-17)31-12-6-11-30-20)25-23(29)15-32-24-26-19(14-22(28)27-24)16-7-4-3-5-8-16/h3-5,7-10,13-14,18H,2,6,11-12,15H2,1H3,(H,25,29)(H,26,27,28)/t18-/m0/s1. The van der Waals surface area contributed by atoms with Crippen molar-refractivity contribution in [1.29, 1.82) is 0 Å². The third-order valence-electron chi connectivity index (χ3n) is 5.05. The molecule has 2 N–H and O–H groups in total. The number of ether oxygens (including phenoxy) is 2. The van der Waals surface area contributed by atoms with Gasteiger partial charge in [-0.1, -0.05) is 55.1 Å². The van der Waals surface area contributed by atoms with Crippen molar-refractivity contribution in [3.05, 3.63) is 70.5 Å². The Morgan fingerprint density at radius 2 is 1.91 bits per heavy atom. The molecular formula is C24H25N3O4S. The van der Waals surface area contributed by atoms with E-state index in [2.05, 4.69) is 15.3 Å². The summed E-state index contributed by atoms with van der Waals surface area (Å²) < 4.78 is 11.5. The van der Waals surface area contributed by atoms with Crippen molar-refractivity contribution in [2.24, 2.45) is 0 Å². The van der Waals surface area contributed by atoms with Gasteiger partial charge in [-0.2, -0.15) is 0 Å². The Morgan fingerprint density at radius 3 is 2.69 bits per heavy atom. The topological polar surface area (TPSA) is 93.3 Å². The maximum absolute atomic E-state index is 12.6. The lowest BCUT2D eigenvalue weighted by Crippen LogP contribution is -2.29. The lowest BCUT2D eigenvalue weighted by Gasteiger charge is -2.19. The zero-order valence-electron chi connectivity index (χ0n) is 17.8. The van der Waals surface area contributed by atoms with Gasteiger partial charge in [0.25, 0.3) is 5.56 Å². The van der Waals surface area contributed by atoms with E-state index in [-0.39, 0.29) is 23.3 Å². The van der Waals surface area contributed by atoms with E-state index in [0.29, 0.717) is 29.8 Å². The van der Waals surface area contributed by atoms with Gasteiger partial charge in [-0.05, 0) is 24.1 Å². The molecule has 2 heterocycles. The molecule has 1 aliphatic heterocycles. The van der Waals surface area contributed by atoms with Crippen molar-refractivity contribution in [3.63, 3.8) is 0 Å². The minimum Gasteiger partial charge on any atom is -0.490 e. The van der Waals surface area contributed by atoms with Gasteiger partial charge in [-0.25, -0.2) is 4.98 Å². The molecule has 0 bridgehead atoms. The van der Waals surface area contributed by atoms with Crippen molar-refractivity contribution in [2.75, 3.05) is 19.0 Å². The van der Waals surface area contributed by atoms with E-state index >= 15 is 0 Å². The van der Waals surface area contributed by atoms with Crippen LogP contribution in [-0.2, 0) is 4.79 Å². The summed E-state index contributed by atoms with van der Waals surface area (Å²) in [7, 11) is 0. The van der Waals surface area contributed by atoms with Crippen LogP contribution in [0.4, 0.5) is 0 Å². The SMILES string of the molecule is CC[C@H](NC(=O)CSc1nc(-c2ccccc2)cc(=O)[nH]1)c1ccc2c(c1)OCCCO2. The third kappa shape index (κ3) is 5.50. The minimum absolute atomic E-state index is 0.137. The number of nitrogens with zero attached hydrogens (tertiary/aromatic N) is 1. The number of hydrogen-bond donors (Lipinski definition) is 2. The molecule has 1 aromatic heterocycles. The normalized spacial score (nSPS) is 13.8. The van der Waals surface area contributed by atoms with Gasteiger partial charge in [0.2, 0.25) is 5.91 Å². The first-order chi connectivity index (χ1) is 15.6. The van der Waals surface area contributed by atoms with E-state index in [1.165, 1.54) is 17.8 Å². The Bertz CT molecular complexity index is 1130. The fraction of sp³-hybridized carbons (Fsp3) is 0.292. The maximum atomic E-state index is 12.6. The fourth-order valence-electron chi connectivity index (χ4n) is 3.45. The van der Waals surface area contributed by atoms with Gasteiger partial charge in [0.1, 0.15) is 0 Å². The van der Waals surface area contributed by atoms with Crippen LogP contribution in [0.3, 0.4) is 0 Å². The van der Waals surface area contributed by atoms with Crippen LogP contribution in [0.25, 0.3) is 11.3 Å². The molecule has 4 rings (SSSR count).